The summed E-state index contributed by atoms with van der Waals surface area (Å²) in [7, 11) is 0. The van der Waals surface area contributed by atoms with Crippen molar-refractivity contribution in [2.45, 2.75) is 39.0 Å². The van der Waals surface area contributed by atoms with E-state index in [1.54, 1.807) is 19.1 Å². The number of nitrogens with zero attached hydrogens (tertiary/aromatic N) is 4. The number of likely N-dealkylation sites (tertiary alicyclic amines) is 1. The molecular weight excluding hydrogens is 431 g/mol. The molecule has 2 saturated heterocycles. The Hall–Kier alpha value is -2.55. The molecule has 2 atom stereocenters. The van der Waals surface area contributed by atoms with E-state index in [-0.39, 0.29) is 29.5 Å². The lowest BCUT2D eigenvalue weighted by Gasteiger charge is -2.37. The second kappa shape index (κ2) is 10.4. The third-order valence-electron chi connectivity index (χ3n) is 6.13. The Morgan fingerprint density at radius 1 is 1.12 bits per heavy atom. The number of benzene rings is 1. The number of hydrogen-bond donors (Lipinski definition) is 0. The fourth-order valence-electron chi connectivity index (χ4n) is 4.47. The Balaban J connectivity index is 1.36. The smallest absolute Gasteiger partial charge is 0.310 e. The van der Waals surface area contributed by atoms with Crippen LogP contribution in [0.5, 0.6) is 0 Å². The quantitative estimate of drug-likeness (QED) is 0.616. The van der Waals surface area contributed by atoms with Crippen LogP contribution >= 0.6 is 11.5 Å². The molecule has 4 rings (SSSR count). The van der Waals surface area contributed by atoms with Crippen LogP contribution in [-0.4, -0.2) is 58.9 Å². The summed E-state index contributed by atoms with van der Waals surface area (Å²) in [5.41, 5.74) is 0.962. The maximum Gasteiger partial charge on any atom is 0.310 e. The molecule has 1 aromatic carbocycles. The van der Waals surface area contributed by atoms with Gasteiger partial charge in [0, 0.05) is 44.1 Å². The minimum atomic E-state index is -0.257. The molecular formula is C23H29FN4O3S. The van der Waals surface area contributed by atoms with Crippen LogP contribution in [0.1, 0.15) is 44.0 Å². The molecule has 2 aliphatic rings. The highest BCUT2D eigenvalue weighted by atomic mass is 32.1. The van der Waals surface area contributed by atoms with Gasteiger partial charge in [-0.1, -0.05) is 12.1 Å². The molecule has 0 N–H and O–H groups in total. The number of anilines is 1. The Morgan fingerprint density at radius 2 is 1.88 bits per heavy atom. The molecule has 0 radical (unpaired) electrons. The molecule has 32 heavy (non-hydrogen) atoms. The summed E-state index contributed by atoms with van der Waals surface area (Å²) in [5, 5.41) is 0.822. The van der Waals surface area contributed by atoms with Gasteiger partial charge in [-0.05, 0) is 50.3 Å². The predicted octanol–water partition coefficient (Wildman–Crippen LogP) is 3.29. The van der Waals surface area contributed by atoms with Crippen molar-refractivity contribution in [3.8, 4) is 0 Å². The minimum absolute atomic E-state index is 0.103. The average molecular weight is 461 g/mol. The first-order valence-corrected chi connectivity index (χ1v) is 12.1. The lowest BCUT2D eigenvalue weighted by atomic mass is 9.93. The van der Waals surface area contributed by atoms with E-state index < -0.39 is 0 Å². The molecule has 2 aromatic rings. The van der Waals surface area contributed by atoms with Gasteiger partial charge in [0.05, 0.1) is 18.4 Å². The van der Waals surface area contributed by atoms with Crippen LogP contribution < -0.4 is 4.90 Å². The number of aromatic nitrogens is 2. The largest absolute Gasteiger partial charge is 0.466 e. The molecule has 0 saturated carbocycles. The number of carbonyl (C=O) groups is 2. The molecule has 172 valence electrons. The number of ether oxygens (including phenoxy) is 1. The van der Waals surface area contributed by atoms with Gasteiger partial charge in [-0.25, -0.2) is 9.37 Å². The predicted molar refractivity (Wildman–Crippen MR) is 120 cm³/mol. The van der Waals surface area contributed by atoms with Crippen molar-refractivity contribution in [2.24, 2.45) is 11.8 Å². The van der Waals surface area contributed by atoms with Crippen molar-refractivity contribution < 1.29 is 18.7 Å². The fourth-order valence-corrected chi connectivity index (χ4v) is 5.19. The Labute approximate surface area is 191 Å². The van der Waals surface area contributed by atoms with Gasteiger partial charge in [0.25, 0.3) is 0 Å². The molecule has 2 aliphatic heterocycles. The normalized spacial score (nSPS) is 21.4. The maximum absolute atomic E-state index is 13.2. The van der Waals surface area contributed by atoms with Gasteiger partial charge in [-0.2, -0.15) is 4.37 Å². The molecule has 2 fully saturated rings. The van der Waals surface area contributed by atoms with Crippen molar-refractivity contribution >= 4 is 28.5 Å². The zero-order chi connectivity index (χ0) is 22.5. The molecule has 7 nitrogen and oxygen atoms in total. The van der Waals surface area contributed by atoms with Crippen molar-refractivity contribution in [3.05, 3.63) is 41.5 Å². The summed E-state index contributed by atoms with van der Waals surface area (Å²) in [5.74, 6) is 0.0570. The van der Waals surface area contributed by atoms with Crippen LogP contribution in [0, 0.1) is 17.7 Å². The van der Waals surface area contributed by atoms with Crippen molar-refractivity contribution in [3.63, 3.8) is 0 Å². The van der Waals surface area contributed by atoms with E-state index in [1.807, 2.05) is 4.90 Å². The summed E-state index contributed by atoms with van der Waals surface area (Å²) >= 11 is 1.34. The number of esters is 1. The van der Waals surface area contributed by atoms with Gasteiger partial charge >= 0.3 is 5.97 Å². The van der Waals surface area contributed by atoms with Gasteiger partial charge in [0.15, 0.2) is 0 Å². The van der Waals surface area contributed by atoms with Crippen LogP contribution in [0.3, 0.4) is 0 Å². The lowest BCUT2D eigenvalue weighted by Crippen LogP contribution is -2.49. The molecule has 0 aliphatic carbocycles. The molecule has 1 aromatic heterocycles. The van der Waals surface area contributed by atoms with E-state index in [2.05, 4.69) is 14.3 Å². The molecule has 3 heterocycles. The monoisotopic (exact) mass is 460 g/mol. The van der Waals surface area contributed by atoms with Gasteiger partial charge in [-0.15, -0.1) is 0 Å². The van der Waals surface area contributed by atoms with E-state index in [9.17, 15) is 14.0 Å². The van der Waals surface area contributed by atoms with Crippen LogP contribution in [0.2, 0.25) is 0 Å². The molecule has 0 bridgehead atoms. The molecule has 2 unspecified atom stereocenters. The van der Waals surface area contributed by atoms with Gasteiger partial charge in [0.1, 0.15) is 11.6 Å². The standard InChI is InChI=1S/C23H29FN4O3S/c1-2-31-22(30)18-6-4-11-27(15-18)21(29)17-5-3-12-28(14-17)23-25-20(26-32-23)13-16-7-9-19(24)10-8-16/h7-10,17-18H,2-6,11-15H2,1H3. The topological polar surface area (TPSA) is 75.6 Å². The highest BCUT2D eigenvalue weighted by Crippen LogP contribution is 2.28. The molecule has 9 heteroatoms. The van der Waals surface area contributed by atoms with Gasteiger partial charge in [-0.3, -0.25) is 9.59 Å². The first kappa shape index (κ1) is 22.6. The van der Waals surface area contributed by atoms with E-state index in [4.69, 9.17) is 4.74 Å². The number of halogens is 1. The Morgan fingerprint density at radius 3 is 2.66 bits per heavy atom. The zero-order valence-electron chi connectivity index (χ0n) is 18.3. The van der Waals surface area contributed by atoms with Crippen molar-refractivity contribution in [2.75, 3.05) is 37.7 Å². The first-order chi connectivity index (χ1) is 15.5. The van der Waals surface area contributed by atoms with Gasteiger partial charge < -0.3 is 14.5 Å². The highest BCUT2D eigenvalue weighted by molar-refractivity contribution is 7.09. The number of piperidine rings is 2. The van der Waals surface area contributed by atoms with E-state index in [0.717, 1.165) is 42.9 Å². The third-order valence-corrected chi connectivity index (χ3v) is 6.94. The third kappa shape index (κ3) is 5.43. The average Bonchev–Trinajstić information content (AvgIpc) is 3.29. The maximum atomic E-state index is 13.2. The number of carbonyl (C=O) groups excluding carboxylic acids is 2. The van der Waals surface area contributed by atoms with Crippen LogP contribution in [0.25, 0.3) is 0 Å². The van der Waals surface area contributed by atoms with Crippen LogP contribution in [0.15, 0.2) is 24.3 Å². The van der Waals surface area contributed by atoms with E-state index in [1.165, 1.54) is 23.7 Å². The SMILES string of the molecule is CCOC(=O)C1CCCN(C(=O)C2CCCN(c3nc(Cc4ccc(F)cc4)ns3)C2)C1. The molecule has 0 spiro atoms. The Kier molecular flexibility index (Phi) is 7.34. The van der Waals surface area contributed by atoms with E-state index in [0.29, 0.717) is 38.5 Å². The summed E-state index contributed by atoms with van der Waals surface area (Å²) in [6.45, 7) is 4.79. The van der Waals surface area contributed by atoms with Crippen LogP contribution in [0.4, 0.5) is 9.52 Å². The minimum Gasteiger partial charge on any atom is -0.466 e. The first-order valence-electron chi connectivity index (χ1n) is 11.3. The lowest BCUT2D eigenvalue weighted by molar-refractivity contribution is -0.152. The Bertz CT molecular complexity index is 936. The summed E-state index contributed by atoms with van der Waals surface area (Å²) in [6, 6.07) is 6.37. The van der Waals surface area contributed by atoms with E-state index >= 15 is 0 Å². The summed E-state index contributed by atoms with van der Waals surface area (Å²) < 4.78 is 22.7. The second-order valence-electron chi connectivity index (χ2n) is 8.46. The fraction of sp³-hybridized carbons (Fsp3) is 0.565. The summed E-state index contributed by atoms with van der Waals surface area (Å²) in [4.78, 5) is 34.0. The zero-order valence-corrected chi connectivity index (χ0v) is 19.2. The highest BCUT2D eigenvalue weighted by Gasteiger charge is 2.35. The number of rotatable bonds is 6. The number of hydrogen-bond acceptors (Lipinski definition) is 7. The molecule has 1 amide bonds. The number of amides is 1. The second-order valence-corrected chi connectivity index (χ2v) is 9.19. The van der Waals surface area contributed by atoms with Crippen LogP contribution in [-0.2, 0) is 20.7 Å². The van der Waals surface area contributed by atoms with Gasteiger partial charge in [0.2, 0.25) is 11.0 Å². The summed E-state index contributed by atoms with van der Waals surface area (Å²) in [6.07, 6.45) is 3.92. The van der Waals surface area contributed by atoms with Crippen molar-refractivity contribution in [1.29, 1.82) is 0 Å². The van der Waals surface area contributed by atoms with Crippen molar-refractivity contribution in [1.82, 2.24) is 14.3 Å².